The van der Waals surface area contributed by atoms with E-state index < -0.39 is 0 Å². The number of carbonyl (C=O) groups excluding carboxylic acids is 3. The molecule has 370 valence electrons. The third-order valence-electron chi connectivity index (χ3n) is 12.3. The number of aromatic nitrogens is 5. The number of carbonyl (C=O) groups is 3. The standard InChI is InChI=1S/C49H65N11O8S/c1-32-10-11-37(28-40(32)46(63)57-49-54-34(3)36(5)69-49)50-14-20-65-22-24-67-26-27-68-25-23-66-21-15-51-43(62)31-58-16-18-59(19-17-58)39-12-13-42(52-29-39)55-48-53-30-41-33(2)44(35(4)61)47(64)60(45(41)56-48)38-8-6-7-9-38/h10-13,28-30,38,50H,6-9,14-27,31H2,1-5H3,(H,51,62)(H,54,57,63)(H,52,53,55,56). The van der Waals surface area contributed by atoms with Crippen LogP contribution in [0.4, 0.5) is 28.3 Å². The first-order valence-electron chi connectivity index (χ1n) is 23.8. The Bertz CT molecular complexity index is 2570. The van der Waals surface area contributed by atoms with Gasteiger partial charge in [0.1, 0.15) is 11.5 Å². The van der Waals surface area contributed by atoms with Crippen molar-refractivity contribution in [3.63, 3.8) is 0 Å². The van der Waals surface area contributed by atoms with Crippen LogP contribution in [-0.4, -0.2) is 146 Å². The molecule has 1 aromatic carbocycles. The molecule has 1 aliphatic heterocycles. The Hall–Kier alpha value is -5.90. The molecular weight excluding hydrogens is 903 g/mol. The summed E-state index contributed by atoms with van der Waals surface area (Å²) in [5.41, 5.74) is 5.27. The molecule has 19 nitrogen and oxygen atoms in total. The van der Waals surface area contributed by atoms with E-state index in [2.05, 4.69) is 46.0 Å². The molecule has 2 fully saturated rings. The second-order valence-electron chi connectivity index (χ2n) is 17.3. The van der Waals surface area contributed by atoms with Crippen molar-refractivity contribution < 1.29 is 33.3 Å². The van der Waals surface area contributed by atoms with Crippen molar-refractivity contribution in [3.05, 3.63) is 85.9 Å². The zero-order chi connectivity index (χ0) is 48.7. The Morgan fingerprint density at radius 3 is 2.12 bits per heavy atom. The van der Waals surface area contributed by atoms with Crippen LogP contribution in [0.3, 0.4) is 0 Å². The predicted molar refractivity (Wildman–Crippen MR) is 268 cm³/mol. The van der Waals surface area contributed by atoms with Crippen molar-refractivity contribution in [2.75, 3.05) is 120 Å². The second-order valence-corrected chi connectivity index (χ2v) is 18.5. The molecule has 0 spiro atoms. The molecule has 4 aromatic heterocycles. The number of amides is 2. The number of hydrogen-bond donors (Lipinski definition) is 4. The normalized spacial score (nSPS) is 14.4. The van der Waals surface area contributed by atoms with Crippen molar-refractivity contribution in [2.45, 2.75) is 66.3 Å². The number of aryl methyl sites for hydroxylation is 4. The van der Waals surface area contributed by atoms with E-state index >= 15 is 0 Å². The highest BCUT2D eigenvalue weighted by molar-refractivity contribution is 7.15. The van der Waals surface area contributed by atoms with Gasteiger partial charge in [-0.3, -0.25) is 34.0 Å². The van der Waals surface area contributed by atoms with E-state index in [0.717, 1.165) is 79.4 Å². The summed E-state index contributed by atoms with van der Waals surface area (Å²) in [6.45, 7) is 16.9. The van der Waals surface area contributed by atoms with Crippen LogP contribution in [-0.2, 0) is 23.7 Å². The number of rotatable bonds is 25. The van der Waals surface area contributed by atoms with Crippen LogP contribution >= 0.6 is 11.3 Å². The van der Waals surface area contributed by atoms with Crippen LogP contribution in [0, 0.1) is 27.7 Å². The lowest BCUT2D eigenvalue weighted by atomic mass is 10.0. The Kier molecular flexibility index (Phi) is 18.5. The summed E-state index contributed by atoms with van der Waals surface area (Å²) in [6, 6.07) is 9.58. The molecule has 2 amide bonds. The molecule has 0 unspecified atom stereocenters. The summed E-state index contributed by atoms with van der Waals surface area (Å²) in [5, 5.41) is 13.6. The van der Waals surface area contributed by atoms with E-state index in [4.69, 9.17) is 23.9 Å². The number of pyridine rings is 2. The Balaban J connectivity index is 0.692. The van der Waals surface area contributed by atoms with Gasteiger partial charge in [-0.25, -0.2) is 15.0 Å². The van der Waals surface area contributed by atoms with Gasteiger partial charge in [-0.15, -0.1) is 11.3 Å². The maximum Gasteiger partial charge on any atom is 0.263 e. The van der Waals surface area contributed by atoms with Crippen LogP contribution in [0.25, 0.3) is 11.0 Å². The monoisotopic (exact) mass is 967 g/mol. The van der Waals surface area contributed by atoms with Crippen LogP contribution < -0.4 is 31.7 Å². The third-order valence-corrected chi connectivity index (χ3v) is 13.3. The summed E-state index contributed by atoms with van der Waals surface area (Å²) in [6.07, 6.45) is 7.30. The first-order valence-corrected chi connectivity index (χ1v) is 24.6. The fraction of sp³-hybridized carbons (Fsp3) is 0.510. The van der Waals surface area contributed by atoms with Gasteiger partial charge in [0.15, 0.2) is 10.9 Å². The number of fused-ring (bicyclic) bond motifs is 1. The summed E-state index contributed by atoms with van der Waals surface area (Å²) in [5.74, 6) is 0.423. The van der Waals surface area contributed by atoms with Gasteiger partial charge >= 0.3 is 0 Å². The van der Waals surface area contributed by atoms with Crippen molar-refractivity contribution in [2.24, 2.45) is 0 Å². The minimum atomic E-state index is -0.283. The summed E-state index contributed by atoms with van der Waals surface area (Å²) in [7, 11) is 0. The molecule has 69 heavy (non-hydrogen) atoms. The second kappa shape index (κ2) is 25.1. The summed E-state index contributed by atoms with van der Waals surface area (Å²) < 4.78 is 24.2. The van der Waals surface area contributed by atoms with E-state index in [9.17, 15) is 19.2 Å². The average Bonchev–Trinajstić information content (AvgIpc) is 3.98. The number of thiazole rings is 1. The zero-order valence-electron chi connectivity index (χ0n) is 40.4. The number of nitrogens with one attached hydrogen (secondary N) is 4. The lowest BCUT2D eigenvalue weighted by Gasteiger charge is -2.35. The number of hydrogen-bond acceptors (Lipinski definition) is 17. The van der Waals surface area contributed by atoms with Crippen LogP contribution in [0.15, 0.2) is 47.5 Å². The number of anilines is 5. The summed E-state index contributed by atoms with van der Waals surface area (Å²) in [4.78, 5) is 75.3. The van der Waals surface area contributed by atoms with Gasteiger partial charge in [-0.2, -0.15) is 4.98 Å². The molecule has 1 saturated heterocycles. The highest BCUT2D eigenvalue weighted by Gasteiger charge is 2.26. The van der Waals surface area contributed by atoms with Gasteiger partial charge in [-0.05, 0) is 82.9 Å². The maximum atomic E-state index is 13.6. The van der Waals surface area contributed by atoms with Gasteiger partial charge < -0.3 is 39.8 Å². The average molecular weight is 968 g/mol. The van der Waals surface area contributed by atoms with E-state index in [1.165, 1.54) is 18.3 Å². The van der Waals surface area contributed by atoms with Crippen LogP contribution in [0.2, 0.25) is 0 Å². The molecule has 0 radical (unpaired) electrons. The fourth-order valence-electron chi connectivity index (χ4n) is 8.45. The number of Topliss-reactive ketones (excluding diaryl/α,β-unsaturated/α-hetero) is 1. The zero-order valence-corrected chi connectivity index (χ0v) is 41.2. The first kappa shape index (κ1) is 51.0. The molecule has 0 atom stereocenters. The van der Waals surface area contributed by atoms with Crippen molar-refractivity contribution in [1.29, 1.82) is 0 Å². The SMILES string of the molecule is CC(=O)c1c(C)c2cnc(Nc3ccc(N4CCN(CC(=O)NCCOCCOCCOCCOCCNc5ccc(C)c(C(=O)Nc6nc(C)c(C)s6)c5)CC4)cn3)nc2n(C2CCCC2)c1=O. The van der Waals surface area contributed by atoms with Crippen molar-refractivity contribution in [3.8, 4) is 0 Å². The third kappa shape index (κ3) is 14.1. The molecule has 1 aliphatic carbocycles. The number of benzene rings is 1. The number of ether oxygens (including phenoxy) is 4. The smallest absolute Gasteiger partial charge is 0.263 e. The lowest BCUT2D eigenvalue weighted by molar-refractivity contribution is -0.122. The number of ketones is 1. The number of piperazine rings is 1. The molecule has 1 saturated carbocycles. The maximum absolute atomic E-state index is 13.6. The van der Waals surface area contributed by atoms with E-state index in [1.54, 1.807) is 17.7 Å². The molecule has 5 aromatic rings. The molecule has 5 heterocycles. The number of nitrogens with zero attached hydrogens (tertiary/aromatic N) is 7. The minimum Gasteiger partial charge on any atom is -0.383 e. The van der Waals surface area contributed by atoms with E-state index in [-0.39, 0.29) is 34.8 Å². The first-order chi connectivity index (χ1) is 33.4. The van der Waals surface area contributed by atoms with Crippen molar-refractivity contribution >= 4 is 68.2 Å². The molecule has 20 heteroatoms. The van der Waals surface area contributed by atoms with E-state index in [1.807, 2.05) is 57.3 Å². The highest BCUT2D eigenvalue weighted by atomic mass is 32.1. The fourth-order valence-corrected chi connectivity index (χ4v) is 9.26. The topological polar surface area (TPSA) is 216 Å². The van der Waals surface area contributed by atoms with E-state index in [0.29, 0.717) is 112 Å². The molecular formula is C49H65N11O8S. The molecule has 4 N–H and O–H groups in total. The highest BCUT2D eigenvalue weighted by Crippen LogP contribution is 2.32. The predicted octanol–water partition coefficient (Wildman–Crippen LogP) is 5.61. The summed E-state index contributed by atoms with van der Waals surface area (Å²) >= 11 is 1.47. The van der Waals surface area contributed by atoms with Crippen molar-refractivity contribution in [1.82, 2.24) is 34.7 Å². The van der Waals surface area contributed by atoms with Crippen LogP contribution in [0.1, 0.15) is 81.1 Å². The molecule has 2 aliphatic rings. The van der Waals surface area contributed by atoms with Crippen LogP contribution in [0.5, 0.6) is 0 Å². The Labute approximate surface area is 406 Å². The van der Waals surface area contributed by atoms with Gasteiger partial charge in [0, 0.05) is 73.0 Å². The largest absolute Gasteiger partial charge is 0.383 e. The Morgan fingerprint density at radius 1 is 0.797 bits per heavy atom. The molecule has 7 rings (SSSR count). The quantitative estimate of drug-likeness (QED) is 0.0413. The Morgan fingerprint density at radius 2 is 1.48 bits per heavy atom. The molecule has 0 bridgehead atoms. The minimum absolute atomic E-state index is 0.000155. The lowest BCUT2D eigenvalue weighted by Crippen LogP contribution is -2.49. The van der Waals surface area contributed by atoms with Gasteiger partial charge in [-0.1, -0.05) is 18.9 Å². The van der Waals surface area contributed by atoms with Gasteiger partial charge in [0.2, 0.25) is 11.9 Å². The van der Waals surface area contributed by atoms with Gasteiger partial charge in [0.05, 0.1) is 82.5 Å². The van der Waals surface area contributed by atoms with Gasteiger partial charge in [0.25, 0.3) is 11.5 Å².